The number of anilines is 2. The van der Waals surface area contributed by atoms with Crippen LogP contribution in [0.4, 0.5) is 11.4 Å². The third kappa shape index (κ3) is 30.0. The quantitative estimate of drug-likeness (QED) is 0.0678. The third-order valence-corrected chi connectivity index (χ3v) is 10.7. The lowest BCUT2D eigenvalue weighted by Crippen LogP contribution is -3.00. The van der Waals surface area contributed by atoms with E-state index in [1.807, 2.05) is 48.5 Å². The number of nitrogens with zero attached hydrogens (tertiary/aromatic N) is 2. The van der Waals surface area contributed by atoms with Crippen molar-refractivity contribution in [3.63, 3.8) is 0 Å². The van der Waals surface area contributed by atoms with Gasteiger partial charge in [0.05, 0.1) is 54.5 Å². The number of rotatable bonds is 35. The van der Waals surface area contributed by atoms with E-state index in [1.54, 1.807) is 0 Å². The SMILES string of the molecule is CCCCCCCCCCCCOc1ccc(NC(=O)C[N+](C)(C)CCCC[N+](C)(C)CC(=O)Nc2ccc(OCCCCCCCCCCCC)cc2)cc1.[Br-].[Br-]. The van der Waals surface area contributed by atoms with Gasteiger partial charge < -0.3 is 63.0 Å². The highest BCUT2D eigenvalue weighted by Gasteiger charge is 2.23. The van der Waals surface area contributed by atoms with E-state index in [4.69, 9.17) is 9.47 Å². The Morgan fingerprint density at radius 3 is 1.00 bits per heavy atom. The van der Waals surface area contributed by atoms with Crippen LogP contribution < -0.4 is 54.1 Å². The standard InChI is InChI=1S/C48H82N4O4.2BrH/c1-7-9-11-13-15-17-19-21-23-27-39-55-45-33-29-43(30-34-45)49-47(53)41-51(3,4)37-25-26-38-52(5,6)42-48(54)50-44-31-35-46(36-32-44)56-40-28-24-22-20-18-16-14-12-10-8-2;;/h29-36H,7-28,37-42H2,1-6H3;2*1H. The first-order valence-corrected chi connectivity index (χ1v) is 22.7. The van der Waals surface area contributed by atoms with Crippen molar-refractivity contribution in [1.82, 2.24) is 0 Å². The summed E-state index contributed by atoms with van der Waals surface area (Å²) in [6.45, 7) is 8.59. The first-order chi connectivity index (χ1) is 27.0. The zero-order chi connectivity index (χ0) is 40.7. The molecule has 0 aliphatic rings. The maximum absolute atomic E-state index is 12.9. The van der Waals surface area contributed by atoms with Gasteiger partial charge in [-0.1, -0.05) is 129 Å². The van der Waals surface area contributed by atoms with E-state index >= 15 is 0 Å². The van der Waals surface area contributed by atoms with Crippen molar-refractivity contribution in [2.24, 2.45) is 0 Å². The number of amides is 2. The van der Waals surface area contributed by atoms with E-state index in [1.165, 1.54) is 116 Å². The largest absolute Gasteiger partial charge is 1.00 e. The summed E-state index contributed by atoms with van der Waals surface area (Å²) in [7, 11) is 8.41. The van der Waals surface area contributed by atoms with E-state index < -0.39 is 0 Å². The fraction of sp³-hybridized carbons (Fsp3) is 0.708. The monoisotopic (exact) mass is 938 g/mol. The Morgan fingerprint density at radius 2 is 0.707 bits per heavy atom. The van der Waals surface area contributed by atoms with Gasteiger partial charge in [-0.3, -0.25) is 9.59 Å². The molecule has 2 rings (SSSR count). The Bertz CT molecular complexity index is 1190. The third-order valence-electron chi connectivity index (χ3n) is 10.7. The normalized spacial score (nSPS) is 11.3. The number of carbonyl (C=O) groups excluding carboxylic acids is 2. The number of hydrogen-bond acceptors (Lipinski definition) is 4. The number of nitrogens with one attached hydrogen (secondary N) is 2. The minimum Gasteiger partial charge on any atom is -1.00 e. The number of ether oxygens (including phenoxy) is 2. The minimum absolute atomic E-state index is 0. The number of quaternary nitrogens is 2. The van der Waals surface area contributed by atoms with E-state index in [9.17, 15) is 9.59 Å². The lowest BCUT2D eigenvalue weighted by Gasteiger charge is -2.31. The number of hydrogen-bond donors (Lipinski definition) is 2. The average Bonchev–Trinajstić information content (AvgIpc) is 3.15. The molecule has 0 fully saturated rings. The predicted molar refractivity (Wildman–Crippen MR) is 238 cm³/mol. The summed E-state index contributed by atoms with van der Waals surface area (Å²) in [6.07, 6.45) is 28.2. The first-order valence-electron chi connectivity index (χ1n) is 22.7. The van der Waals surface area contributed by atoms with Crippen molar-refractivity contribution < 1.29 is 62.0 Å². The number of benzene rings is 2. The molecule has 0 heterocycles. The van der Waals surface area contributed by atoms with E-state index in [2.05, 4.69) is 52.7 Å². The van der Waals surface area contributed by atoms with E-state index in [-0.39, 0.29) is 45.8 Å². The summed E-state index contributed by atoms with van der Waals surface area (Å²) in [5, 5.41) is 6.11. The van der Waals surface area contributed by atoms with Gasteiger partial charge in [-0.2, -0.15) is 0 Å². The summed E-state index contributed by atoms with van der Waals surface area (Å²) in [5.74, 6) is 1.72. The lowest BCUT2D eigenvalue weighted by atomic mass is 10.1. The van der Waals surface area contributed by atoms with Crippen molar-refractivity contribution >= 4 is 23.2 Å². The molecule has 0 bridgehead atoms. The Labute approximate surface area is 376 Å². The van der Waals surface area contributed by atoms with Crippen molar-refractivity contribution in [2.75, 3.05) is 78.2 Å². The summed E-state index contributed by atoms with van der Waals surface area (Å²) in [4.78, 5) is 25.8. The second-order valence-corrected chi connectivity index (χ2v) is 17.5. The maximum atomic E-state index is 12.9. The number of halogens is 2. The molecule has 0 aliphatic carbocycles. The van der Waals surface area contributed by atoms with Crippen LogP contribution in [0.2, 0.25) is 0 Å². The van der Waals surface area contributed by atoms with E-state index in [0.717, 1.165) is 74.9 Å². The summed E-state index contributed by atoms with van der Waals surface area (Å²) >= 11 is 0. The maximum Gasteiger partial charge on any atom is 0.279 e. The number of carbonyl (C=O) groups is 2. The second kappa shape index (κ2) is 34.6. The van der Waals surface area contributed by atoms with Crippen LogP contribution in [-0.2, 0) is 9.59 Å². The highest BCUT2D eigenvalue weighted by molar-refractivity contribution is 5.92. The van der Waals surface area contributed by atoms with Crippen molar-refractivity contribution in [3.05, 3.63) is 48.5 Å². The number of likely N-dealkylation sites (N-methyl/N-ethyl adjacent to an activating group) is 2. The Morgan fingerprint density at radius 1 is 0.431 bits per heavy atom. The zero-order valence-electron chi connectivity index (χ0n) is 37.7. The van der Waals surface area contributed by atoms with Gasteiger partial charge in [-0.15, -0.1) is 0 Å². The van der Waals surface area contributed by atoms with Crippen molar-refractivity contribution in [3.8, 4) is 11.5 Å². The molecule has 2 aromatic rings. The molecule has 0 aromatic heterocycles. The molecule has 10 heteroatoms. The molecule has 0 aliphatic heterocycles. The number of unbranched alkanes of at least 4 members (excludes halogenated alkanes) is 19. The van der Waals surface area contributed by atoms with Crippen LogP contribution >= 0.6 is 0 Å². The molecule has 2 aromatic carbocycles. The zero-order valence-corrected chi connectivity index (χ0v) is 40.9. The molecule has 334 valence electrons. The van der Waals surface area contributed by atoms with E-state index in [0.29, 0.717) is 22.1 Å². The van der Waals surface area contributed by atoms with Gasteiger partial charge in [-0.05, 0) is 61.4 Å². The minimum atomic E-state index is 0. The van der Waals surface area contributed by atoms with Gasteiger partial charge in [0, 0.05) is 24.2 Å². The molecule has 0 saturated heterocycles. The van der Waals surface area contributed by atoms with Crippen LogP contribution in [0, 0.1) is 0 Å². The van der Waals surface area contributed by atoms with Crippen molar-refractivity contribution in [1.29, 1.82) is 0 Å². The van der Waals surface area contributed by atoms with Gasteiger partial charge in [0.2, 0.25) is 0 Å². The molecule has 8 nitrogen and oxygen atoms in total. The Kier molecular flexibility index (Phi) is 33.3. The molecule has 0 spiro atoms. The predicted octanol–water partition coefficient (Wildman–Crippen LogP) is 5.80. The molecule has 0 unspecified atom stereocenters. The van der Waals surface area contributed by atoms with Crippen LogP contribution in [0.15, 0.2) is 48.5 Å². The first kappa shape index (κ1) is 55.9. The Hall–Kier alpha value is -2.14. The molecule has 2 N–H and O–H groups in total. The second-order valence-electron chi connectivity index (χ2n) is 17.5. The van der Waals surface area contributed by atoms with Crippen LogP contribution in [0.5, 0.6) is 11.5 Å². The molecule has 0 radical (unpaired) electrons. The molecule has 58 heavy (non-hydrogen) atoms. The summed E-state index contributed by atoms with van der Waals surface area (Å²) in [5.41, 5.74) is 1.59. The topological polar surface area (TPSA) is 76.7 Å². The molecule has 0 atom stereocenters. The van der Waals surface area contributed by atoms with Crippen molar-refractivity contribution in [2.45, 2.75) is 155 Å². The fourth-order valence-corrected chi connectivity index (χ4v) is 7.24. The van der Waals surface area contributed by atoms with Gasteiger partial charge in [0.15, 0.2) is 13.1 Å². The van der Waals surface area contributed by atoms with Crippen LogP contribution in [0.25, 0.3) is 0 Å². The molecule has 2 amide bonds. The van der Waals surface area contributed by atoms with Gasteiger partial charge >= 0.3 is 0 Å². The molecular formula is C48H84Br2N4O4. The highest BCUT2D eigenvalue weighted by Crippen LogP contribution is 2.19. The summed E-state index contributed by atoms with van der Waals surface area (Å²) < 4.78 is 13.1. The fourth-order valence-electron chi connectivity index (χ4n) is 7.24. The van der Waals surface area contributed by atoms with Crippen LogP contribution in [0.1, 0.15) is 155 Å². The average molecular weight is 941 g/mol. The smallest absolute Gasteiger partial charge is 0.279 e. The Balaban J connectivity index is 0.0000162. The summed E-state index contributed by atoms with van der Waals surface area (Å²) in [6, 6.07) is 15.5. The van der Waals surface area contributed by atoms with Crippen LogP contribution in [-0.4, -0.2) is 88.4 Å². The van der Waals surface area contributed by atoms with Gasteiger partial charge in [0.1, 0.15) is 11.5 Å². The molecule has 0 saturated carbocycles. The molecular weight excluding hydrogens is 856 g/mol. The van der Waals surface area contributed by atoms with Gasteiger partial charge in [0.25, 0.3) is 11.8 Å². The van der Waals surface area contributed by atoms with Crippen LogP contribution in [0.3, 0.4) is 0 Å². The highest BCUT2D eigenvalue weighted by atomic mass is 79.9. The van der Waals surface area contributed by atoms with Gasteiger partial charge in [-0.25, -0.2) is 0 Å². The lowest BCUT2D eigenvalue weighted by molar-refractivity contribution is -0.888.